The van der Waals surface area contributed by atoms with Gasteiger partial charge in [0, 0.05) is 10.7 Å². The smallest absolute Gasteiger partial charge is 0.273 e. The van der Waals surface area contributed by atoms with E-state index in [-0.39, 0.29) is 5.91 Å². The van der Waals surface area contributed by atoms with Crippen LogP contribution in [0.3, 0.4) is 0 Å². The molecule has 0 aliphatic heterocycles. The highest BCUT2D eigenvalue weighted by molar-refractivity contribution is 6.30. The van der Waals surface area contributed by atoms with Gasteiger partial charge in [-0.3, -0.25) is 4.79 Å². The van der Waals surface area contributed by atoms with Gasteiger partial charge in [0.15, 0.2) is 11.5 Å². The second-order valence-corrected chi connectivity index (χ2v) is 6.55. The van der Waals surface area contributed by atoms with E-state index in [2.05, 4.69) is 10.5 Å². The molecule has 0 bridgehead atoms. The number of nitrogens with two attached hydrogens (primary N) is 1. The first-order valence-corrected chi connectivity index (χ1v) is 9.18. The molecular formula is C22H20ClN3O3. The fourth-order valence-electron chi connectivity index (χ4n) is 2.60. The van der Waals surface area contributed by atoms with E-state index in [9.17, 15) is 4.79 Å². The average Bonchev–Trinajstić information content (AvgIpc) is 2.73. The molecule has 0 spiro atoms. The Morgan fingerprint density at radius 2 is 1.93 bits per heavy atom. The van der Waals surface area contributed by atoms with Crippen LogP contribution < -0.4 is 20.6 Å². The SMILES string of the molecule is COc1cc(/C=N\NC(=O)c2ccccc2N)ccc1OCc1cccc(Cl)c1. The fraction of sp³-hybridized carbons (Fsp3) is 0.0909. The molecule has 3 rings (SSSR count). The first kappa shape index (κ1) is 20.2. The Bertz CT molecular complexity index is 1040. The lowest BCUT2D eigenvalue weighted by atomic mass is 10.2. The van der Waals surface area contributed by atoms with Gasteiger partial charge in [-0.25, -0.2) is 5.43 Å². The van der Waals surface area contributed by atoms with Crippen LogP contribution in [0.4, 0.5) is 5.69 Å². The van der Waals surface area contributed by atoms with Crippen LogP contribution in [0.15, 0.2) is 71.8 Å². The number of nitrogens with zero attached hydrogens (tertiary/aromatic N) is 1. The number of hydrogen-bond donors (Lipinski definition) is 2. The number of hydrogen-bond acceptors (Lipinski definition) is 5. The van der Waals surface area contributed by atoms with Gasteiger partial charge in [0.25, 0.3) is 5.91 Å². The molecule has 0 aromatic heterocycles. The number of anilines is 1. The first-order chi connectivity index (χ1) is 14.1. The van der Waals surface area contributed by atoms with E-state index in [1.54, 1.807) is 43.5 Å². The number of nitrogen functional groups attached to an aromatic ring is 1. The van der Waals surface area contributed by atoms with Gasteiger partial charge in [-0.2, -0.15) is 5.10 Å². The lowest BCUT2D eigenvalue weighted by molar-refractivity contribution is 0.0956. The first-order valence-electron chi connectivity index (χ1n) is 8.80. The van der Waals surface area contributed by atoms with E-state index in [1.165, 1.54) is 6.21 Å². The minimum atomic E-state index is -0.382. The number of carbonyl (C=O) groups excluding carboxylic acids is 1. The molecule has 0 aliphatic carbocycles. The molecule has 7 heteroatoms. The minimum Gasteiger partial charge on any atom is -0.493 e. The Balaban J connectivity index is 1.64. The van der Waals surface area contributed by atoms with E-state index in [4.69, 9.17) is 26.8 Å². The van der Waals surface area contributed by atoms with E-state index in [0.717, 1.165) is 11.1 Å². The standard InChI is InChI=1S/C22H20ClN3O3/c1-28-21-12-15(13-25-26-22(27)18-7-2-3-8-19(18)24)9-10-20(21)29-14-16-5-4-6-17(23)11-16/h2-13H,14,24H2,1H3,(H,26,27)/b25-13-. The largest absolute Gasteiger partial charge is 0.493 e. The van der Waals surface area contributed by atoms with Crippen molar-refractivity contribution in [2.75, 3.05) is 12.8 Å². The summed E-state index contributed by atoms with van der Waals surface area (Å²) in [5.74, 6) is 0.758. The molecule has 3 aromatic carbocycles. The molecule has 0 fully saturated rings. The predicted octanol–water partition coefficient (Wildman–Crippen LogP) is 4.27. The zero-order valence-electron chi connectivity index (χ0n) is 15.8. The number of hydrazone groups is 1. The summed E-state index contributed by atoms with van der Waals surface area (Å²) in [6, 6.07) is 19.6. The number of halogens is 1. The van der Waals surface area contributed by atoms with Crippen LogP contribution in [-0.4, -0.2) is 19.2 Å². The van der Waals surface area contributed by atoms with Crippen molar-refractivity contribution in [2.45, 2.75) is 6.61 Å². The highest BCUT2D eigenvalue weighted by atomic mass is 35.5. The van der Waals surface area contributed by atoms with Crippen molar-refractivity contribution in [3.8, 4) is 11.5 Å². The van der Waals surface area contributed by atoms with Crippen molar-refractivity contribution < 1.29 is 14.3 Å². The predicted molar refractivity (Wildman–Crippen MR) is 115 cm³/mol. The Hall–Kier alpha value is -3.51. The molecule has 0 saturated heterocycles. The molecule has 0 atom stereocenters. The molecule has 0 saturated carbocycles. The summed E-state index contributed by atoms with van der Waals surface area (Å²) in [4.78, 5) is 12.1. The number of amides is 1. The maximum Gasteiger partial charge on any atom is 0.273 e. The van der Waals surface area contributed by atoms with Gasteiger partial charge >= 0.3 is 0 Å². The quantitative estimate of drug-likeness (QED) is 0.346. The number of methoxy groups -OCH3 is 1. The Morgan fingerprint density at radius 3 is 2.69 bits per heavy atom. The molecule has 29 heavy (non-hydrogen) atoms. The highest BCUT2D eigenvalue weighted by Gasteiger charge is 2.08. The highest BCUT2D eigenvalue weighted by Crippen LogP contribution is 2.28. The Labute approximate surface area is 173 Å². The summed E-state index contributed by atoms with van der Waals surface area (Å²) in [5, 5.41) is 4.63. The molecule has 6 nitrogen and oxygen atoms in total. The molecule has 1 amide bonds. The van der Waals surface area contributed by atoms with E-state index in [1.807, 2.05) is 30.3 Å². The average molecular weight is 410 g/mol. The van der Waals surface area contributed by atoms with Crippen LogP contribution in [0.2, 0.25) is 5.02 Å². The van der Waals surface area contributed by atoms with E-state index < -0.39 is 0 Å². The third-order valence-corrected chi connectivity index (χ3v) is 4.29. The van der Waals surface area contributed by atoms with Crippen LogP contribution in [0, 0.1) is 0 Å². The van der Waals surface area contributed by atoms with Gasteiger partial charge in [0.05, 0.1) is 18.9 Å². The number of carbonyl (C=O) groups is 1. The fourth-order valence-corrected chi connectivity index (χ4v) is 2.81. The Kier molecular flexibility index (Phi) is 6.71. The van der Waals surface area contributed by atoms with Gasteiger partial charge in [0.2, 0.25) is 0 Å². The van der Waals surface area contributed by atoms with Gasteiger partial charge in [-0.1, -0.05) is 35.9 Å². The van der Waals surface area contributed by atoms with Crippen molar-refractivity contribution in [1.82, 2.24) is 5.43 Å². The van der Waals surface area contributed by atoms with Crippen LogP contribution in [-0.2, 0) is 6.61 Å². The molecule has 148 valence electrons. The van der Waals surface area contributed by atoms with Crippen molar-refractivity contribution in [3.05, 3.63) is 88.4 Å². The van der Waals surface area contributed by atoms with Crippen LogP contribution in [0.5, 0.6) is 11.5 Å². The van der Waals surface area contributed by atoms with Gasteiger partial charge < -0.3 is 15.2 Å². The van der Waals surface area contributed by atoms with Crippen molar-refractivity contribution >= 4 is 29.4 Å². The number of ether oxygens (including phenoxy) is 2. The zero-order chi connectivity index (χ0) is 20.6. The lowest BCUT2D eigenvalue weighted by Gasteiger charge is -2.11. The zero-order valence-corrected chi connectivity index (χ0v) is 16.5. The summed E-state index contributed by atoms with van der Waals surface area (Å²) in [5.41, 5.74) is 10.7. The molecule has 3 N–H and O–H groups in total. The number of para-hydroxylation sites is 1. The van der Waals surface area contributed by atoms with Crippen LogP contribution >= 0.6 is 11.6 Å². The normalized spacial score (nSPS) is 10.7. The van der Waals surface area contributed by atoms with Crippen molar-refractivity contribution in [1.29, 1.82) is 0 Å². The molecule has 3 aromatic rings. The molecule has 0 unspecified atom stereocenters. The summed E-state index contributed by atoms with van der Waals surface area (Å²) < 4.78 is 11.2. The summed E-state index contributed by atoms with van der Waals surface area (Å²) in [6.07, 6.45) is 1.51. The maximum atomic E-state index is 12.1. The number of benzene rings is 3. The molecule has 0 heterocycles. The van der Waals surface area contributed by atoms with Crippen LogP contribution in [0.25, 0.3) is 0 Å². The molecular weight excluding hydrogens is 390 g/mol. The summed E-state index contributed by atoms with van der Waals surface area (Å²) >= 11 is 5.99. The monoisotopic (exact) mass is 409 g/mol. The summed E-state index contributed by atoms with van der Waals surface area (Å²) in [7, 11) is 1.56. The Morgan fingerprint density at radius 1 is 1.10 bits per heavy atom. The minimum absolute atomic E-state index is 0.360. The van der Waals surface area contributed by atoms with Gasteiger partial charge in [-0.05, 0) is 53.6 Å². The lowest BCUT2D eigenvalue weighted by Crippen LogP contribution is -2.19. The van der Waals surface area contributed by atoms with E-state index >= 15 is 0 Å². The number of nitrogens with one attached hydrogen (secondary N) is 1. The topological polar surface area (TPSA) is 85.9 Å². The van der Waals surface area contributed by atoms with E-state index in [0.29, 0.717) is 34.4 Å². The van der Waals surface area contributed by atoms with Crippen molar-refractivity contribution in [2.24, 2.45) is 5.10 Å². The second kappa shape index (κ2) is 9.61. The van der Waals surface area contributed by atoms with Gasteiger partial charge in [-0.15, -0.1) is 0 Å². The molecule has 0 radical (unpaired) electrons. The van der Waals surface area contributed by atoms with Crippen LogP contribution in [0.1, 0.15) is 21.5 Å². The second-order valence-electron chi connectivity index (χ2n) is 6.12. The number of rotatable bonds is 7. The van der Waals surface area contributed by atoms with Crippen molar-refractivity contribution in [3.63, 3.8) is 0 Å². The molecule has 0 aliphatic rings. The van der Waals surface area contributed by atoms with Gasteiger partial charge in [0.1, 0.15) is 6.61 Å². The third kappa shape index (κ3) is 5.49. The maximum absolute atomic E-state index is 12.1. The summed E-state index contributed by atoms with van der Waals surface area (Å²) in [6.45, 7) is 0.360. The third-order valence-electron chi connectivity index (χ3n) is 4.06.